The Morgan fingerprint density at radius 1 is 1.23 bits per heavy atom. The minimum absolute atomic E-state index is 0.189. The van der Waals surface area contributed by atoms with Gasteiger partial charge in [0.1, 0.15) is 5.82 Å². The second kappa shape index (κ2) is 7.13. The average molecular weight is 306 g/mol. The third kappa shape index (κ3) is 3.61. The van der Waals surface area contributed by atoms with Gasteiger partial charge in [0, 0.05) is 18.5 Å². The van der Waals surface area contributed by atoms with E-state index in [2.05, 4.69) is 15.7 Å². The molecule has 0 bridgehead atoms. The normalized spacial score (nSPS) is 26.0. The lowest BCUT2D eigenvalue weighted by atomic mass is 9.96. The van der Waals surface area contributed by atoms with Crippen LogP contribution in [0.5, 0.6) is 0 Å². The molecule has 0 aromatic carbocycles. The lowest BCUT2D eigenvalue weighted by Gasteiger charge is -2.24. The van der Waals surface area contributed by atoms with Crippen molar-refractivity contribution in [3.8, 4) is 0 Å². The molecule has 0 saturated heterocycles. The predicted molar refractivity (Wildman–Crippen MR) is 84.7 cm³/mol. The van der Waals surface area contributed by atoms with Crippen LogP contribution in [0.15, 0.2) is 12.3 Å². The fourth-order valence-corrected chi connectivity index (χ4v) is 3.67. The number of aromatic nitrogens is 2. The van der Waals surface area contributed by atoms with E-state index in [-0.39, 0.29) is 18.1 Å². The highest BCUT2D eigenvalue weighted by Crippen LogP contribution is 2.30. The summed E-state index contributed by atoms with van der Waals surface area (Å²) in [6, 6.07) is 2.03. The van der Waals surface area contributed by atoms with Gasteiger partial charge in [-0.05, 0) is 25.7 Å². The van der Waals surface area contributed by atoms with Crippen LogP contribution in [0.2, 0.25) is 0 Å². The van der Waals surface area contributed by atoms with Gasteiger partial charge in [0.25, 0.3) is 0 Å². The van der Waals surface area contributed by atoms with Crippen molar-refractivity contribution in [1.29, 1.82) is 0 Å². The van der Waals surface area contributed by atoms with E-state index in [0.717, 1.165) is 37.9 Å². The van der Waals surface area contributed by atoms with Crippen molar-refractivity contribution in [3.05, 3.63) is 12.3 Å². The molecule has 2 amide bonds. The topological polar surface area (TPSA) is 79.2 Å². The van der Waals surface area contributed by atoms with Crippen LogP contribution in [0, 0.1) is 5.92 Å². The SMILES string of the molecule is O=C(NCC1CCCC1O)Nc1ccnn1C1CCCCC1. The molecule has 1 aromatic rings. The molecule has 22 heavy (non-hydrogen) atoms. The molecule has 3 rings (SSSR count). The first kappa shape index (κ1) is 15.3. The molecule has 2 aliphatic rings. The molecular formula is C16H26N4O2. The Morgan fingerprint density at radius 3 is 2.77 bits per heavy atom. The molecule has 0 radical (unpaired) electrons. The second-order valence-corrected chi connectivity index (χ2v) is 6.55. The number of hydrogen-bond acceptors (Lipinski definition) is 3. The molecule has 122 valence electrons. The summed E-state index contributed by atoms with van der Waals surface area (Å²) in [4.78, 5) is 12.1. The summed E-state index contributed by atoms with van der Waals surface area (Å²) in [5.74, 6) is 0.949. The number of anilines is 1. The number of urea groups is 1. The highest BCUT2D eigenvalue weighted by atomic mass is 16.3. The number of nitrogens with zero attached hydrogens (tertiary/aromatic N) is 2. The summed E-state index contributed by atoms with van der Waals surface area (Å²) >= 11 is 0. The lowest BCUT2D eigenvalue weighted by molar-refractivity contribution is 0.133. The Hall–Kier alpha value is -1.56. The molecule has 6 heteroatoms. The number of hydrogen-bond donors (Lipinski definition) is 3. The molecule has 1 heterocycles. The molecule has 2 fully saturated rings. The fourth-order valence-electron chi connectivity index (χ4n) is 3.67. The molecule has 2 saturated carbocycles. The second-order valence-electron chi connectivity index (χ2n) is 6.55. The van der Waals surface area contributed by atoms with Crippen LogP contribution in [-0.4, -0.2) is 33.6 Å². The van der Waals surface area contributed by atoms with E-state index in [4.69, 9.17) is 0 Å². The van der Waals surface area contributed by atoms with E-state index in [1.165, 1.54) is 19.3 Å². The van der Waals surface area contributed by atoms with Crippen LogP contribution >= 0.6 is 0 Å². The Kier molecular flexibility index (Phi) is 4.97. The zero-order chi connectivity index (χ0) is 15.4. The van der Waals surface area contributed by atoms with Crippen LogP contribution in [0.3, 0.4) is 0 Å². The third-order valence-corrected chi connectivity index (χ3v) is 4.98. The molecule has 6 nitrogen and oxygen atoms in total. The number of rotatable bonds is 4. The first-order valence-corrected chi connectivity index (χ1v) is 8.50. The molecular weight excluding hydrogens is 280 g/mol. The highest BCUT2D eigenvalue weighted by molar-refractivity contribution is 5.88. The van der Waals surface area contributed by atoms with Crippen molar-refractivity contribution in [2.24, 2.45) is 5.92 Å². The van der Waals surface area contributed by atoms with E-state index in [0.29, 0.717) is 12.6 Å². The van der Waals surface area contributed by atoms with Crippen LogP contribution in [0.25, 0.3) is 0 Å². The van der Waals surface area contributed by atoms with E-state index in [1.54, 1.807) is 6.20 Å². The number of amides is 2. The zero-order valence-electron chi connectivity index (χ0n) is 13.0. The summed E-state index contributed by atoms with van der Waals surface area (Å²) in [6.07, 6.45) is 10.4. The van der Waals surface area contributed by atoms with Gasteiger partial charge in [-0.1, -0.05) is 25.7 Å². The van der Waals surface area contributed by atoms with Crippen LogP contribution in [-0.2, 0) is 0 Å². The van der Waals surface area contributed by atoms with Gasteiger partial charge >= 0.3 is 6.03 Å². The first-order chi connectivity index (χ1) is 10.7. The van der Waals surface area contributed by atoms with Gasteiger partial charge < -0.3 is 10.4 Å². The Balaban J connectivity index is 1.52. The minimum Gasteiger partial charge on any atom is -0.393 e. The monoisotopic (exact) mass is 306 g/mol. The van der Waals surface area contributed by atoms with Crippen molar-refractivity contribution >= 4 is 11.8 Å². The van der Waals surface area contributed by atoms with Crippen LogP contribution in [0.4, 0.5) is 10.6 Å². The standard InChI is InChI=1S/C16H26N4O2/c21-14-8-4-5-12(14)11-17-16(22)19-15-9-10-18-20(15)13-6-2-1-3-7-13/h9-10,12-14,21H,1-8,11H2,(H2,17,19,22). The number of carbonyl (C=O) groups excluding carboxylic acids is 1. The summed E-state index contributed by atoms with van der Waals surface area (Å²) < 4.78 is 1.95. The Labute approximate surface area is 131 Å². The maximum Gasteiger partial charge on any atom is 0.320 e. The van der Waals surface area contributed by atoms with Crippen molar-refractivity contribution in [3.63, 3.8) is 0 Å². The van der Waals surface area contributed by atoms with Gasteiger partial charge in [-0.25, -0.2) is 9.48 Å². The summed E-state index contributed by atoms with van der Waals surface area (Å²) in [7, 11) is 0. The molecule has 2 aliphatic carbocycles. The Bertz CT molecular complexity index is 496. The summed E-state index contributed by atoms with van der Waals surface area (Å²) in [6.45, 7) is 0.532. The first-order valence-electron chi connectivity index (χ1n) is 8.50. The molecule has 2 atom stereocenters. The maximum atomic E-state index is 12.1. The van der Waals surface area contributed by atoms with Gasteiger partial charge in [-0.2, -0.15) is 5.10 Å². The van der Waals surface area contributed by atoms with Crippen LogP contribution < -0.4 is 10.6 Å². The van der Waals surface area contributed by atoms with E-state index in [9.17, 15) is 9.90 Å². The van der Waals surface area contributed by atoms with Gasteiger partial charge in [0.05, 0.1) is 18.3 Å². The van der Waals surface area contributed by atoms with Crippen molar-refractivity contribution in [2.45, 2.75) is 63.5 Å². The summed E-state index contributed by atoms with van der Waals surface area (Å²) in [5.41, 5.74) is 0. The highest BCUT2D eigenvalue weighted by Gasteiger charge is 2.25. The molecule has 0 aliphatic heterocycles. The number of nitrogens with one attached hydrogen (secondary N) is 2. The van der Waals surface area contributed by atoms with Gasteiger partial charge in [0.15, 0.2) is 0 Å². The smallest absolute Gasteiger partial charge is 0.320 e. The van der Waals surface area contributed by atoms with Crippen molar-refractivity contribution in [1.82, 2.24) is 15.1 Å². The van der Waals surface area contributed by atoms with Crippen LogP contribution in [0.1, 0.15) is 57.4 Å². The predicted octanol–water partition coefficient (Wildman–Crippen LogP) is 2.67. The maximum absolute atomic E-state index is 12.1. The van der Waals surface area contributed by atoms with Gasteiger partial charge in [-0.3, -0.25) is 5.32 Å². The molecule has 0 spiro atoms. The van der Waals surface area contributed by atoms with Crippen molar-refractivity contribution in [2.75, 3.05) is 11.9 Å². The average Bonchev–Trinajstić information content (AvgIpc) is 3.15. The quantitative estimate of drug-likeness (QED) is 0.800. The lowest BCUT2D eigenvalue weighted by Crippen LogP contribution is -2.36. The molecule has 2 unspecified atom stereocenters. The number of carbonyl (C=O) groups is 1. The van der Waals surface area contributed by atoms with E-state index in [1.807, 2.05) is 10.7 Å². The zero-order valence-corrected chi connectivity index (χ0v) is 13.0. The van der Waals surface area contributed by atoms with Crippen molar-refractivity contribution < 1.29 is 9.90 Å². The largest absolute Gasteiger partial charge is 0.393 e. The van der Waals surface area contributed by atoms with E-state index < -0.39 is 0 Å². The summed E-state index contributed by atoms with van der Waals surface area (Å²) in [5, 5.41) is 19.9. The minimum atomic E-state index is -0.270. The van der Waals surface area contributed by atoms with Gasteiger partial charge in [0.2, 0.25) is 0 Å². The fraction of sp³-hybridized carbons (Fsp3) is 0.750. The molecule has 3 N–H and O–H groups in total. The van der Waals surface area contributed by atoms with Gasteiger partial charge in [-0.15, -0.1) is 0 Å². The Morgan fingerprint density at radius 2 is 2.05 bits per heavy atom. The third-order valence-electron chi connectivity index (χ3n) is 4.98. The van der Waals surface area contributed by atoms with E-state index >= 15 is 0 Å². The number of aliphatic hydroxyl groups is 1. The molecule has 1 aromatic heterocycles. The number of aliphatic hydroxyl groups excluding tert-OH is 1.